The second-order valence-corrected chi connectivity index (χ2v) is 4.27. The molecule has 0 aliphatic carbocycles. The Balaban J connectivity index is 2.54. The fourth-order valence-electron chi connectivity index (χ4n) is 1.83. The van der Waals surface area contributed by atoms with Gasteiger partial charge in [0.2, 0.25) is 0 Å². The minimum Gasteiger partial charge on any atom is -0.460 e. The van der Waals surface area contributed by atoms with Gasteiger partial charge >= 0.3 is 5.97 Å². The summed E-state index contributed by atoms with van der Waals surface area (Å²) >= 11 is 0. The number of carbonyl (C=O) groups is 1. The Kier molecular flexibility index (Phi) is 5.18. The molecule has 0 radical (unpaired) electrons. The van der Waals surface area contributed by atoms with Crippen LogP contribution in [0, 0.1) is 5.41 Å². The van der Waals surface area contributed by atoms with Crippen LogP contribution in [0.4, 0.5) is 0 Å². The van der Waals surface area contributed by atoms with E-state index in [-0.39, 0.29) is 12.1 Å². The SMILES string of the molecule is COCC(C)OC(=O)C1(CN)CCOCC1. The van der Waals surface area contributed by atoms with E-state index in [9.17, 15) is 4.79 Å². The van der Waals surface area contributed by atoms with E-state index in [1.165, 1.54) is 0 Å². The van der Waals surface area contributed by atoms with Crippen LogP contribution < -0.4 is 5.73 Å². The first-order valence-electron chi connectivity index (χ1n) is 5.62. The summed E-state index contributed by atoms with van der Waals surface area (Å²) in [5.74, 6) is -0.220. The minimum atomic E-state index is -0.555. The van der Waals surface area contributed by atoms with E-state index in [2.05, 4.69) is 0 Å². The van der Waals surface area contributed by atoms with Crippen molar-refractivity contribution in [2.75, 3.05) is 33.5 Å². The van der Waals surface area contributed by atoms with E-state index >= 15 is 0 Å². The highest BCUT2D eigenvalue weighted by molar-refractivity contribution is 5.77. The molecule has 1 atom stereocenters. The van der Waals surface area contributed by atoms with Gasteiger partial charge in [-0.05, 0) is 19.8 Å². The molecular formula is C11H21NO4. The van der Waals surface area contributed by atoms with Crippen LogP contribution in [0.25, 0.3) is 0 Å². The molecule has 0 aromatic carbocycles. The Bertz CT molecular complexity index is 226. The first kappa shape index (κ1) is 13.4. The average molecular weight is 231 g/mol. The highest BCUT2D eigenvalue weighted by Gasteiger charge is 2.40. The largest absolute Gasteiger partial charge is 0.460 e. The van der Waals surface area contributed by atoms with Crippen molar-refractivity contribution >= 4 is 5.97 Å². The van der Waals surface area contributed by atoms with Crippen LogP contribution in [0.5, 0.6) is 0 Å². The Morgan fingerprint density at radius 3 is 2.62 bits per heavy atom. The lowest BCUT2D eigenvalue weighted by Crippen LogP contribution is -2.45. The molecule has 1 unspecified atom stereocenters. The first-order chi connectivity index (χ1) is 7.64. The molecule has 5 heteroatoms. The van der Waals surface area contributed by atoms with Crippen LogP contribution in [0.1, 0.15) is 19.8 Å². The summed E-state index contributed by atoms with van der Waals surface area (Å²) in [6.07, 6.45) is 1.05. The van der Waals surface area contributed by atoms with Crippen LogP contribution in [0.15, 0.2) is 0 Å². The van der Waals surface area contributed by atoms with E-state index in [0.717, 1.165) is 0 Å². The van der Waals surface area contributed by atoms with Crippen molar-refractivity contribution in [1.29, 1.82) is 0 Å². The molecule has 0 amide bonds. The monoisotopic (exact) mass is 231 g/mol. The van der Waals surface area contributed by atoms with Gasteiger partial charge in [0.25, 0.3) is 0 Å². The third-order valence-corrected chi connectivity index (χ3v) is 2.98. The molecule has 0 aromatic rings. The number of carbonyl (C=O) groups excluding carboxylic acids is 1. The molecule has 1 heterocycles. The van der Waals surface area contributed by atoms with E-state index in [0.29, 0.717) is 39.2 Å². The maximum absolute atomic E-state index is 12.0. The Labute approximate surface area is 96.2 Å². The van der Waals surface area contributed by atoms with Crippen molar-refractivity contribution in [3.63, 3.8) is 0 Å². The summed E-state index contributed by atoms with van der Waals surface area (Å²) in [6, 6.07) is 0. The summed E-state index contributed by atoms with van der Waals surface area (Å²) in [5, 5.41) is 0. The first-order valence-corrected chi connectivity index (χ1v) is 5.62. The van der Waals surface area contributed by atoms with Gasteiger partial charge in [0.05, 0.1) is 12.0 Å². The number of hydrogen-bond acceptors (Lipinski definition) is 5. The number of nitrogens with two attached hydrogens (primary N) is 1. The van der Waals surface area contributed by atoms with Gasteiger partial charge in [0.1, 0.15) is 6.10 Å². The third kappa shape index (κ3) is 3.17. The number of rotatable bonds is 5. The van der Waals surface area contributed by atoms with Gasteiger partial charge in [0.15, 0.2) is 0 Å². The molecule has 2 N–H and O–H groups in total. The minimum absolute atomic E-state index is 0.220. The predicted molar refractivity (Wildman–Crippen MR) is 59.0 cm³/mol. The number of esters is 1. The van der Waals surface area contributed by atoms with Gasteiger partial charge in [-0.15, -0.1) is 0 Å². The van der Waals surface area contributed by atoms with Crippen molar-refractivity contribution < 1.29 is 19.0 Å². The van der Waals surface area contributed by atoms with Gasteiger partial charge in [-0.25, -0.2) is 0 Å². The number of methoxy groups -OCH3 is 1. The smallest absolute Gasteiger partial charge is 0.313 e. The zero-order chi connectivity index (χ0) is 12.0. The summed E-state index contributed by atoms with van der Waals surface area (Å²) in [4.78, 5) is 12.0. The van der Waals surface area contributed by atoms with Crippen LogP contribution in [0.3, 0.4) is 0 Å². The van der Waals surface area contributed by atoms with Crippen molar-refractivity contribution in [2.24, 2.45) is 11.1 Å². The molecule has 0 bridgehead atoms. The van der Waals surface area contributed by atoms with Crippen LogP contribution in [-0.4, -0.2) is 45.5 Å². The predicted octanol–water partition coefficient (Wildman–Crippen LogP) is 0.320. The summed E-state index contributed by atoms with van der Waals surface area (Å²) in [7, 11) is 1.58. The van der Waals surface area contributed by atoms with Crippen molar-refractivity contribution in [3.8, 4) is 0 Å². The number of hydrogen-bond donors (Lipinski definition) is 1. The zero-order valence-electron chi connectivity index (χ0n) is 10.0. The third-order valence-electron chi connectivity index (χ3n) is 2.98. The van der Waals surface area contributed by atoms with E-state index in [4.69, 9.17) is 19.9 Å². The second-order valence-electron chi connectivity index (χ2n) is 4.27. The van der Waals surface area contributed by atoms with Crippen molar-refractivity contribution in [3.05, 3.63) is 0 Å². The summed E-state index contributed by atoms with van der Waals surface area (Å²) in [5.41, 5.74) is 5.15. The molecule has 5 nitrogen and oxygen atoms in total. The molecule has 1 aliphatic rings. The van der Waals surface area contributed by atoms with Gasteiger partial charge in [-0.2, -0.15) is 0 Å². The standard InChI is InChI=1S/C11H21NO4/c1-9(7-14-2)16-10(13)11(8-12)3-5-15-6-4-11/h9H,3-8,12H2,1-2H3. The van der Waals surface area contributed by atoms with Crippen LogP contribution in [-0.2, 0) is 19.0 Å². The highest BCUT2D eigenvalue weighted by Crippen LogP contribution is 2.31. The lowest BCUT2D eigenvalue weighted by molar-refractivity contribution is -0.168. The van der Waals surface area contributed by atoms with Crippen LogP contribution in [0.2, 0.25) is 0 Å². The maximum Gasteiger partial charge on any atom is 0.313 e. The van der Waals surface area contributed by atoms with Crippen molar-refractivity contribution in [1.82, 2.24) is 0 Å². The molecular weight excluding hydrogens is 210 g/mol. The van der Waals surface area contributed by atoms with Crippen LogP contribution >= 0.6 is 0 Å². The summed E-state index contributed by atoms with van der Waals surface area (Å²) < 4.78 is 15.5. The molecule has 1 aliphatic heterocycles. The van der Waals surface area contributed by atoms with Gasteiger partial charge < -0.3 is 19.9 Å². The van der Waals surface area contributed by atoms with E-state index < -0.39 is 5.41 Å². The maximum atomic E-state index is 12.0. The van der Waals surface area contributed by atoms with Gasteiger partial charge in [-0.3, -0.25) is 4.79 Å². The Morgan fingerprint density at radius 2 is 2.12 bits per heavy atom. The molecule has 1 fully saturated rings. The van der Waals surface area contributed by atoms with Gasteiger partial charge in [0, 0.05) is 26.9 Å². The van der Waals surface area contributed by atoms with Crippen molar-refractivity contribution in [2.45, 2.75) is 25.9 Å². The Morgan fingerprint density at radius 1 is 1.50 bits per heavy atom. The molecule has 1 rings (SSSR count). The second kappa shape index (κ2) is 6.18. The highest BCUT2D eigenvalue weighted by atomic mass is 16.6. The average Bonchev–Trinajstić information content (AvgIpc) is 2.30. The molecule has 0 saturated carbocycles. The summed E-state index contributed by atoms with van der Waals surface area (Å²) in [6.45, 7) is 3.68. The normalized spacial score (nSPS) is 21.4. The topological polar surface area (TPSA) is 70.8 Å². The van der Waals surface area contributed by atoms with Gasteiger partial charge in [-0.1, -0.05) is 0 Å². The fourth-order valence-corrected chi connectivity index (χ4v) is 1.83. The Hall–Kier alpha value is -0.650. The molecule has 16 heavy (non-hydrogen) atoms. The molecule has 94 valence electrons. The van der Waals surface area contributed by atoms with E-state index in [1.807, 2.05) is 6.92 Å². The lowest BCUT2D eigenvalue weighted by atomic mass is 9.80. The van der Waals surface area contributed by atoms with E-state index in [1.54, 1.807) is 7.11 Å². The lowest BCUT2D eigenvalue weighted by Gasteiger charge is -2.34. The molecule has 1 saturated heterocycles. The fraction of sp³-hybridized carbons (Fsp3) is 0.909. The molecule has 0 aromatic heterocycles. The quantitative estimate of drug-likeness (QED) is 0.690. The molecule has 0 spiro atoms. The zero-order valence-corrected chi connectivity index (χ0v) is 10.0. The number of ether oxygens (including phenoxy) is 3.